The molecule has 1 aliphatic carbocycles. The predicted molar refractivity (Wildman–Crippen MR) is 69.8 cm³/mol. The Kier molecular flexibility index (Phi) is 2.77. The van der Waals surface area contributed by atoms with Gasteiger partial charge in [-0.1, -0.05) is 12.1 Å². The van der Waals surface area contributed by atoms with Crippen molar-refractivity contribution in [1.29, 1.82) is 0 Å². The molecule has 2 atom stereocenters. The summed E-state index contributed by atoms with van der Waals surface area (Å²) in [5.41, 5.74) is 2.66. The first-order chi connectivity index (χ1) is 8.72. The third-order valence-corrected chi connectivity index (χ3v) is 4.45. The van der Waals surface area contributed by atoms with Gasteiger partial charge in [-0.3, -0.25) is 4.79 Å². The van der Waals surface area contributed by atoms with Crippen LogP contribution in [0.4, 0.5) is 0 Å². The summed E-state index contributed by atoms with van der Waals surface area (Å²) in [6.45, 7) is 0.872. The van der Waals surface area contributed by atoms with Gasteiger partial charge in [-0.15, -0.1) is 0 Å². The van der Waals surface area contributed by atoms with Crippen molar-refractivity contribution in [3.63, 3.8) is 0 Å². The van der Waals surface area contributed by atoms with Crippen molar-refractivity contribution in [3.8, 4) is 5.75 Å². The molecule has 1 aromatic carbocycles. The van der Waals surface area contributed by atoms with Gasteiger partial charge < -0.3 is 9.64 Å². The molecule has 1 fully saturated rings. The third kappa shape index (κ3) is 1.61. The largest absolute Gasteiger partial charge is 0.496 e. The van der Waals surface area contributed by atoms with Crippen LogP contribution in [0, 0.1) is 5.92 Å². The van der Waals surface area contributed by atoms with Crippen molar-refractivity contribution in [3.05, 3.63) is 29.3 Å². The molecule has 96 valence electrons. The van der Waals surface area contributed by atoms with E-state index < -0.39 is 0 Å². The van der Waals surface area contributed by atoms with Crippen LogP contribution in [0.15, 0.2) is 18.2 Å². The summed E-state index contributed by atoms with van der Waals surface area (Å²) in [4.78, 5) is 14.1. The number of benzene rings is 1. The van der Waals surface area contributed by atoms with Crippen molar-refractivity contribution < 1.29 is 9.53 Å². The van der Waals surface area contributed by atoms with Crippen molar-refractivity contribution in [1.82, 2.24) is 4.90 Å². The topological polar surface area (TPSA) is 29.5 Å². The molecule has 2 aliphatic rings. The number of fused-ring (bicyclic) bond motifs is 3. The number of hydrogen-bond acceptors (Lipinski definition) is 2. The van der Waals surface area contributed by atoms with Gasteiger partial charge >= 0.3 is 0 Å². The molecule has 0 radical (unpaired) electrons. The Morgan fingerprint density at radius 1 is 1.28 bits per heavy atom. The molecule has 0 N–H and O–H groups in total. The van der Waals surface area contributed by atoms with E-state index in [4.69, 9.17) is 4.74 Å². The monoisotopic (exact) mass is 245 g/mol. The maximum Gasteiger partial charge on any atom is 0.226 e. The lowest BCUT2D eigenvalue weighted by atomic mass is 9.71. The molecule has 1 aromatic rings. The van der Waals surface area contributed by atoms with Crippen molar-refractivity contribution in [2.45, 2.75) is 25.2 Å². The van der Waals surface area contributed by atoms with Gasteiger partial charge in [-0.2, -0.15) is 0 Å². The van der Waals surface area contributed by atoms with Gasteiger partial charge in [0.05, 0.1) is 7.11 Å². The average molecular weight is 245 g/mol. The van der Waals surface area contributed by atoms with E-state index in [1.165, 1.54) is 11.1 Å². The van der Waals surface area contributed by atoms with Crippen LogP contribution in [-0.2, 0) is 11.2 Å². The van der Waals surface area contributed by atoms with Gasteiger partial charge in [-0.25, -0.2) is 0 Å². The molecule has 1 aliphatic heterocycles. The summed E-state index contributed by atoms with van der Waals surface area (Å²) >= 11 is 0. The SMILES string of the molecule is COc1cccc2c1CC[C@H]1C(=O)N(C)CC[C@@H]21. The number of methoxy groups -OCH3 is 1. The molecule has 1 heterocycles. The Hall–Kier alpha value is -1.51. The summed E-state index contributed by atoms with van der Waals surface area (Å²) in [6.07, 6.45) is 2.99. The molecule has 3 heteroatoms. The van der Waals surface area contributed by atoms with Gasteiger partial charge in [0.25, 0.3) is 0 Å². The fourth-order valence-electron chi connectivity index (χ4n) is 3.48. The molecule has 0 bridgehead atoms. The number of amides is 1. The Balaban J connectivity index is 2.01. The van der Waals surface area contributed by atoms with E-state index in [1.807, 2.05) is 24.1 Å². The van der Waals surface area contributed by atoms with Crippen LogP contribution in [0.2, 0.25) is 0 Å². The van der Waals surface area contributed by atoms with Gasteiger partial charge in [-0.05, 0) is 42.4 Å². The third-order valence-electron chi connectivity index (χ3n) is 4.45. The Labute approximate surface area is 108 Å². The van der Waals surface area contributed by atoms with Gasteiger partial charge in [0.15, 0.2) is 0 Å². The number of hydrogen-bond donors (Lipinski definition) is 0. The highest BCUT2D eigenvalue weighted by molar-refractivity contribution is 5.81. The van der Waals surface area contributed by atoms with Gasteiger partial charge in [0.1, 0.15) is 5.75 Å². The van der Waals surface area contributed by atoms with E-state index in [-0.39, 0.29) is 5.92 Å². The van der Waals surface area contributed by atoms with Crippen molar-refractivity contribution >= 4 is 5.91 Å². The molecular weight excluding hydrogens is 226 g/mol. The number of carbonyl (C=O) groups excluding carboxylic acids is 1. The minimum Gasteiger partial charge on any atom is -0.496 e. The lowest BCUT2D eigenvalue weighted by Crippen LogP contribution is -2.44. The molecule has 18 heavy (non-hydrogen) atoms. The van der Waals surface area contributed by atoms with E-state index >= 15 is 0 Å². The van der Waals surface area contributed by atoms with Crippen LogP contribution in [0.5, 0.6) is 5.75 Å². The van der Waals surface area contributed by atoms with Crippen molar-refractivity contribution in [2.75, 3.05) is 20.7 Å². The normalized spacial score (nSPS) is 26.6. The maximum atomic E-state index is 12.2. The molecule has 3 rings (SSSR count). The fraction of sp³-hybridized carbons (Fsp3) is 0.533. The number of rotatable bonds is 1. The number of nitrogens with zero attached hydrogens (tertiary/aromatic N) is 1. The molecule has 0 saturated carbocycles. The maximum absolute atomic E-state index is 12.2. The molecule has 1 amide bonds. The van der Waals surface area contributed by atoms with E-state index in [1.54, 1.807) is 7.11 Å². The standard InChI is InChI=1S/C15H19NO2/c1-16-9-8-11-10-4-3-5-14(18-2)12(10)6-7-13(11)15(16)17/h3-5,11,13H,6-9H2,1-2H3/t11-,13+/m0/s1. The van der Waals surface area contributed by atoms with Gasteiger partial charge in [0, 0.05) is 19.5 Å². The number of likely N-dealkylation sites (tertiary alicyclic amines) is 1. The van der Waals surface area contributed by atoms with E-state index in [0.717, 1.165) is 31.6 Å². The zero-order valence-electron chi connectivity index (χ0n) is 11.0. The van der Waals surface area contributed by atoms with Crippen LogP contribution < -0.4 is 4.74 Å². The summed E-state index contributed by atoms with van der Waals surface area (Å²) in [5.74, 6) is 1.88. The first kappa shape index (κ1) is 11.6. The lowest BCUT2D eigenvalue weighted by molar-refractivity contribution is -0.138. The van der Waals surface area contributed by atoms with E-state index in [0.29, 0.717) is 11.8 Å². The van der Waals surface area contributed by atoms with Gasteiger partial charge in [0.2, 0.25) is 5.91 Å². The van der Waals surface area contributed by atoms with Crippen LogP contribution in [0.25, 0.3) is 0 Å². The number of ether oxygens (including phenoxy) is 1. The average Bonchev–Trinajstić information content (AvgIpc) is 2.41. The second-order valence-electron chi connectivity index (χ2n) is 5.33. The first-order valence-electron chi connectivity index (χ1n) is 6.63. The Bertz CT molecular complexity index is 483. The molecular formula is C15H19NO2. The minimum atomic E-state index is 0.184. The predicted octanol–water partition coefficient (Wildman–Crippen LogP) is 2.20. The highest BCUT2D eigenvalue weighted by Gasteiger charge is 2.39. The molecule has 0 spiro atoms. The first-order valence-corrected chi connectivity index (χ1v) is 6.63. The van der Waals surface area contributed by atoms with Crippen molar-refractivity contribution in [2.24, 2.45) is 5.92 Å². The summed E-state index contributed by atoms with van der Waals surface area (Å²) in [6, 6.07) is 6.24. The smallest absolute Gasteiger partial charge is 0.226 e. The molecule has 0 aromatic heterocycles. The van der Waals surface area contributed by atoms with E-state index in [2.05, 4.69) is 6.07 Å². The summed E-state index contributed by atoms with van der Waals surface area (Å²) in [5, 5.41) is 0. The Morgan fingerprint density at radius 2 is 2.11 bits per heavy atom. The lowest BCUT2D eigenvalue weighted by Gasteiger charge is -2.40. The van der Waals surface area contributed by atoms with Crippen LogP contribution in [0.3, 0.4) is 0 Å². The zero-order chi connectivity index (χ0) is 12.7. The van der Waals surface area contributed by atoms with E-state index in [9.17, 15) is 4.79 Å². The van der Waals surface area contributed by atoms with Crippen LogP contribution in [0.1, 0.15) is 29.9 Å². The highest BCUT2D eigenvalue weighted by atomic mass is 16.5. The molecule has 0 unspecified atom stereocenters. The molecule has 1 saturated heterocycles. The second-order valence-corrected chi connectivity index (χ2v) is 5.33. The minimum absolute atomic E-state index is 0.184. The highest BCUT2D eigenvalue weighted by Crippen LogP contribution is 2.44. The molecule has 3 nitrogen and oxygen atoms in total. The second kappa shape index (κ2) is 4.30. The van der Waals surface area contributed by atoms with Crippen LogP contribution >= 0.6 is 0 Å². The van der Waals surface area contributed by atoms with Crippen LogP contribution in [-0.4, -0.2) is 31.5 Å². The summed E-state index contributed by atoms with van der Waals surface area (Å²) in [7, 11) is 3.64. The fourth-order valence-corrected chi connectivity index (χ4v) is 3.48. The zero-order valence-corrected chi connectivity index (χ0v) is 11.0. The Morgan fingerprint density at radius 3 is 2.89 bits per heavy atom. The quantitative estimate of drug-likeness (QED) is 0.759. The number of piperidine rings is 1. The number of carbonyl (C=O) groups is 1. The summed E-state index contributed by atoms with van der Waals surface area (Å²) < 4.78 is 5.44.